The molecule has 3 fully saturated rings. The average Bonchev–Trinajstić information content (AvgIpc) is 3.30. The smallest absolute Gasteiger partial charge is 0.331 e. The maximum absolute atomic E-state index is 14.6. The number of hydrogen-bond acceptors (Lipinski definition) is 18. The summed E-state index contributed by atoms with van der Waals surface area (Å²) in [6.07, 6.45) is -9.87. The first kappa shape index (κ1) is 61.8. The second kappa shape index (κ2) is 25.8. The second-order valence-electron chi connectivity index (χ2n) is 21.3. The molecule has 6 N–H and O–H groups in total. The number of urea groups is 1. The molecule has 0 spiro atoms. The Morgan fingerprint density at radius 2 is 1.62 bits per heavy atom. The number of cyclic esters (lactones) is 1. The molecule has 18 atom stereocenters. The van der Waals surface area contributed by atoms with Crippen LogP contribution in [0.1, 0.15) is 108 Å². The number of ether oxygens (including phenoxy) is 6. The van der Waals surface area contributed by atoms with Crippen molar-refractivity contribution in [3.05, 3.63) is 29.3 Å². The van der Waals surface area contributed by atoms with Crippen molar-refractivity contribution >= 4 is 33.6 Å². The van der Waals surface area contributed by atoms with Crippen LogP contribution in [0.5, 0.6) is 0 Å². The normalized spacial score (nSPS) is 39.0. The van der Waals surface area contributed by atoms with E-state index in [1.54, 1.807) is 48.5 Å². The number of nitrogens with one attached hydrogen (secondary N) is 1. The second-order valence-corrected chi connectivity index (χ2v) is 23.5. The van der Waals surface area contributed by atoms with E-state index < -0.39 is 118 Å². The van der Waals surface area contributed by atoms with Crippen LogP contribution >= 0.6 is 11.6 Å². The zero-order chi connectivity index (χ0) is 54.3. The summed E-state index contributed by atoms with van der Waals surface area (Å²) >= 11 is 5.95. The largest absolute Gasteiger partial charge is 0.459 e. The van der Waals surface area contributed by atoms with Gasteiger partial charge >= 0.3 is 12.0 Å². The summed E-state index contributed by atoms with van der Waals surface area (Å²) in [7, 11) is 0.850. The average molecular weight is 1060 g/mol. The van der Waals surface area contributed by atoms with Crippen molar-refractivity contribution in [2.75, 3.05) is 47.4 Å². The maximum Gasteiger partial charge on any atom is 0.331 e. The molecule has 0 aromatic heterocycles. The molecule has 22 heteroatoms. The number of rotatable bonds is 15. The summed E-state index contributed by atoms with van der Waals surface area (Å²) in [5, 5.41) is 69.9. The molecule has 1 aromatic rings. The first-order valence-corrected chi connectivity index (χ1v) is 27.0. The summed E-state index contributed by atoms with van der Waals surface area (Å²) in [5.41, 5.74) is -4.90. The van der Waals surface area contributed by atoms with Gasteiger partial charge in [0.25, 0.3) is 10.0 Å². The molecule has 3 saturated heterocycles. The molecular formula is C50H84ClN5O15S. The zero-order valence-corrected chi connectivity index (χ0v) is 46.0. The minimum atomic E-state index is -4.31. The summed E-state index contributed by atoms with van der Waals surface area (Å²) in [6.45, 7) is 17.2. The van der Waals surface area contributed by atoms with E-state index in [4.69, 9.17) is 40.0 Å². The third kappa shape index (κ3) is 15.2. The van der Waals surface area contributed by atoms with Crippen molar-refractivity contribution in [3.8, 4) is 6.07 Å². The van der Waals surface area contributed by atoms with Gasteiger partial charge in [-0.05, 0) is 118 Å². The number of likely N-dealkylation sites (N-methyl/N-ethyl adjacent to an activating group) is 1. The standard InChI is InChI=1S/C50H84ClN5O15S/c1-14-38-50(10,63)42(58)33(6)56(24-16-23-55(22-15-21-52)47(61)53-72(64,65)36-19-17-35(51)18-20-36)28-29(2)26-48(8,62)44(71-46-40(57)37(54(11)12)25-30(3)67-46)31(4)41(32(5)45(60)69-38)70-39-27-49(9,66-13)43(59)34(7)68-39/h17-20,29-34,37-44,46,57-59,62-63H,14-16,22-28H2,1-13H3,(H,53,61)/t29-,30-,31+,32-,33+,34+,37-,38+,39?,40-,41-,42+,43+,44+,46+,48+,49-,50+/m0/s1. The molecular weight excluding hydrogens is 978 g/mol. The zero-order valence-electron chi connectivity index (χ0n) is 44.4. The molecule has 1 aromatic carbocycles. The van der Waals surface area contributed by atoms with E-state index in [0.717, 1.165) is 0 Å². The lowest BCUT2D eigenvalue weighted by Crippen LogP contribution is -2.60. The lowest BCUT2D eigenvalue weighted by atomic mass is 9.77. The van der Waals surface area contributed by atoms with Gasteiger partial charge in [-0.1, -0.05) is 32.4 Å². The number of methoxy groups -OCH3 is 1. The van der Waals surface area contributed by atoms with Crippen molar-refractivity contribution in [2.24, 2.45) is 17.8 Å². The van der Waals surface area contributed by atoms with E-state index >= 15 is 0 Å². The number of carbonyl (C=O) groups excluding carboxylic acids is 2. The molecule has 20 nitrogen and oxygen atoms in total. The highest BCUT2D eigenvalue weighted by atomic mass is 35.5. The van der Waals surface area contributed by atoms with Crippen molar-refractivity contribution in [1.82, 2.24) is 19.4 Å². The van der Waals surface area contributed by atoms with Crippen LogP contribution in [0, 0.1) is 29.1 Å². The fourth-order valence-electron chi connectivity index (χ4n) is 10.7. The van der Waals surface area contributed by atoms with E-state index in [0.29, 0.717) is 11.4 Å². The molecule has 2 amide bonds. The van der Waals surface area contributed by atoms with Crippen molar-refractivity contribution in [2.45, 2.75) is 203 Å². The van der Waals surface area contributed by atoms with Gasteiger partial charge in [-0.25, -0.2) is 17.9 Å². The van der Waals surface area contributed by atoms with E-state index in [9.17, 15) is 48.8 Å². The number of amides is 2. The molecule has 0 bridgehead atoms. The summed E-state index contributed by atoms with van der Waals surface area (Å²) < 4.78 is 66.4. The molecule has 0 saturated carbocycles. The molecule has 3 aliphatic heterocycles. The predicted octanol–water partition coefficient (Wildman–Crippen LogP) is 3.63. The molecule has 412 valence electrons. The van der Waals surface area contributed by atoms with Crippen LogP contribution in [0.15, 0.2) is 29.2 Å². The van der Waals surface area contributed by atoms with Gasteiger partial charge < -0.3 is 63.8 Å². The number of sulfonamides is 1. The summed E-state index contributed by atoms with van der Waals surface area (Å²) in [6, 6.07) is 5.11. The Morgan fingerprint density at radius 3 is 2.21 bits per heavy atom. The quantitative estimate of drug-likeness (QED) is 0.137. The Kier molecular flexibility index (Phi) is 22.2. The predicted molar refractivity (Wildman–Crippen MR) is 267 cm³/mol. The third-order valence-corrected chi connectivity index (χ3v) is 16.6. The number of benzene rings is 1. The number of halogens is 1. The number of hydrogen-bond donors (Lipinski definition) is 6. The lowest BCUT2D eigenvalue weighted by molar-refractivity contribution is -0.318. The molecule has 3 heterocycles. The van der Waals surface area contributed by atoms with E-state index in [1.807, 2.05) is 43.8 Å². The maximum atomic E-state index is 14.6. The van der Waals surface area contributed by atoms with Crippen LogP contribution in [0.2, 0.25) is 5.02 Å². The SMILES string of the molecule is CC[C@H]1OC(=O)[C@@H](C)[C@@H](OC2C[C@](C)(OC)[C@H](O)[C@@H](C)O2)[C@@H](C)[C@@H](O[C@H]2O[C@@H](C)C[C@H](N(C)C)[C@@H]2O)[C@](C)(O)C[C@H](C)CN(CCCN(CCC#N)C(=O)NS(=O)(=O)c2ccc(Cl)cc2)[C@H](C)[C@@H](O)[C@]1(C)O. The van der Waals surface area contributed by atoms with Crippen molar-refractivity contribution < 1.29 is 72.0 Å². The van der Waals surface area contributed by atoms with Gasteiger partial charge in [-0.3, -0.25) is 9.69 Å². The minimum absolute atomic E-state index is 0.0184. The van der Waals surface area contributed by atoms with Gasteiger partial charge in [0.1, 0.15) is 30.0 Å². The highest BCUT2D eigenvalue weighted by molar-refractivity contribution is 7.90. The van der Waals surface area contributed by atoms with Crippen LogP contribution < -0.4 is 4.72 Å². The lowest BCUT2D eigenvalue weighted by Gasteiger charge is -2.48. The van der Waals surface area contributed by atoms with E-state index in [-0.39, 0.29) is 75.3 Å². The Balaban J connectivity index is 1.77. The Bertz CT molecular complexity index is 2070. The Labute approximate surface area is 432 Å². The van der Waals surface area contributed by atoms with Gasteiger partial charge in [0.2, 0.25) is 0 Å². The first-order valence-electron chi connectivity index (χ1n) is 25.2. The monoisotopic (exact) mass is 1060 g/mol. The van der Waals surface area contributed by atoms with Crippen LogP contribution in [0.25, 0.3) is 0 Å². The van der Waals surface area contributed by atoms with Crippen LogP contribution in [0.3, 0.4) is 0 Å². The van der Waals surface area contributed by atoms with Gasteiger partial charge in [0.05, 0.1) is 58.9 Å². The first-order chi connectivity index (χ1) is 33.4. The van der Waals surface area contributed by atoms with Crippen molar-refractivity contribution in [3.63, 3.8) is 0 Å². The summed E-state index contributed by atoms with van der Waals surface area (Å²) in [4.78, 5) is 33.0. The molecule has 0 radical (unpaired) electrons. The van der Waals surface area contributed by atoms with Gasteiger partial charge in [0, 0.05) is 62.7 Å². The number of nitriles is 1. The van der Waals surface area contributed by atoms with E-state index in [2.05, 4.69) is 4.72 Å². The number of aliphatic hydroxyl groups is 5. The highest BCUT2D eigenvalue weighted by Crippen LogP contribution is 2.40. The number of aliphatic hydroxyl groups excluding tert-OH is 3. The van der Waals surface area contributed by atoms with Gasteiger partial charge in [-0.15, -0.1) is 0 Å². The minimum Gasteiger partial charge on any atom is -0.459 e. The Morgan fingerprint density at radius 1 is 0.986 bits per heavy atom. The molecule has 0 aliphatic carbocycles. The summed E-state index contributed by atoms with van der Waals surface area (Å²) in [5.74, 6) is -3.22. The molecule has 3 aliphatic rings. The fourth-order valence-corrected chi connectivity index (χ4v) is 11.8. The third-order valence-electron chi connectivity index (χ3n) is 15.0. The molecule has 72 heavy (non-hydrogen) atoms. The topological polar surface area (TPSA) is 270 Å². The van der Waals surface area contributed by atoms with Gasteiger partial charge in [-0.2, -0.15) is 5.26 Å². The van der Waals surface area contributed by atoms with Crippen LogP contribution in [-0.4, -0.2) is 198 Å². The van der Waals surface area contributed by atoms with E-state index in [1.165, 1.54) is 43.2 Å². The number of esters is 1. The van der Waals surface area contributed by atoms with Crippen molar-refractivity contribution in [1.29, 1.82) is 5.26 Å². The van der Waals surface area contributed by atoms with Crippen LogP contribution in [-0.2, 0) is 43.2 Å². The van der Waals surface area contributed by atoms with Gasteiger partial charge in [0.15, 0.2) is 12.6 Å². The molecule has 1 unspecified atom stereocenters. The number of carbonyl (C=O) groups is 2. The number of nitrogens with zero attached hydrogens (tertiary/aromatic N) is 4. The highest BCUT2D eigenvalue weighted by Gasteiger charge is 2.53. The fraction of sp³-hybridized carbons (Fsp3) is 0.820. The Hall–Kier alpha value is -2.79. The van der Waals surface area contributed by atoms with Crippen LogP contribution in [0.4, 0.5) is 4.79 Å². The molecule has 4 rings (SSSR count).